The van der Waals surface area contributed by atoms with Crippen LogP contribution < -0.4 is 5.73 Å². The number of carbonyl (C=O) groups is 2. The maximum atomic E-state index is 12.3. The third-order valence-electron chi connectivity index (χ3n) is 8.77. The van der Waals surface area contributed by atoms with E-state index >= 15 is 0 Å². The largest absolute Gasteiger partial charge is 0.481 e. The molecule has 48 heavy (non-hydrogen) atoms. The third-order valence-corrected chi connectivity index (χ3v) is 8.77. The van der Waals surface area contributed by atoms with E-state index in [1.54, 1.807) is 56.4 Å². The number of carboxylic acid groups (broad SMARTS) is 1. The number of fused-ring (bicyclic) bond motifs is 2. The molecule has 0 radical (unpaired) electrons. The third kappa shape index (κ3) is 11.7. The van der Waals surface area contributed by atoms with Crippen molar-refractivity contribution >= 4 is 11.9 Å². The van der Waals surface area contributed by atoms with Crippen LogP contribution in [0.15, 0.2) is 60.8 Å². The number of hydrogen-bond donors (Lipinski definition) is 8. The minimum absolute atomic E-state index is 0.000319. The monoisotopic (exact) mass is 681 g/mol. The molecule has 2 saturated heterocycles. The van der Waals surface area contributed by atoms with Gasteiger partial charge in [-0.15, -0.1) is 0 Å². The van der Waals surface area contributed by atoms with E-state index in [0.29, 0.717) is 0 Å². The van der Waals surface area contributed by atoms with Gasteiger partial charge in [-0.1, -0.05) is 61.6 Å². The van der Waals surface area contributed by atoms with E-state index < -0.39 is 104 Å². The summed E-state index contributed by atoms with van der Waals surface area (Å²) >= 11 is 0. The molecule has 9 unspecified atom stereocenters. The van der Waals surface area contributed by atoms with Gasteiger partial charge in [0.25, 0.3) is 0 Å². The Balaban J connectivity index is 1.92. The Bertz CT molecular complexity index is 1200. The van der Waals surface area contributed by atoms with Crippen molar-refractivity contribution in [2.75, 3.05) is 0 Å². The zero-order valence-electron chi connectivity index (χ0n) is 27.5. The highest BCUT2D eigenvalue weighted by molar-refractivity contribution is 5.82. The topological polar surface area (TPSA) is 239 Å². The van der Waals surface area contributed by atoms with Gasteiger partial charge in [0.15, 0.2) is 12.1 Å². The number of hydrogen-bond acceptors (Lipinski definition) is 13. The van der Waals surface area contributed by atoms with Crippen molar-refractivity contribution in [3.8, 4) is 0 Å². The molecule has 0 aliphatic carbocycles. The summed E-state index contributed by atoms with van der Waals surface area (Å²) in [6.45, 7) is 5.21. The van der Waals surface area contributed by atoms with E-state index in [9.17, 15) is 45.3 Å². The second-order valence-electron chi connectivity index (χ2n) is 12.8. The maximum absolute atomic E-state index is 12.3. The van der Waals surface area contributed by atoms with Crippen molar-refractivity contribution in [2.24, 2.45) is 17.6 Å². The van der Waals surface area contributed by atoms with Gasteiger partial charge in [0, 0.05) is 31.3 Å². The minimum atomic E-state index is -2.18. The van der Waals surface area contributed by atoms with Crippen LogP contribution in [0.25, 0.3) is 0 Å². The van der Waals surface area contributed by atoms with Gasteiger partial charge >= 0.3 is 11.9 Å². The summed E-state index contributed by atoms with van der Waals surface area (Å²) in [4.78, 5) is 24.5. The zero-order chi connectivity index (χ0) is 35.6. The van der Waals surface area contributed by atoms with Crippen molar-refractivity contribution in [1.82, 2.24) is 0 Å². The molecule has 0 aromatic carbocycles. The van der Waals surface area contributed by atoms with Crippen molar-refractivity contribution in [3.05, 3.63) is 60.8 Å². The van der Waals surface area contributed by atoms with Crippen molar-refractivity contribution < 1.29 is 64.3 Å². The van der Waals surface area contributed by atoms with Crippen LogP contribution in [-0.2, 0) is 28.5 Å². The van der Waals surface area contributed by atoms with Crippen LogP contribution in [0.5, 0.6) is 0 Å². The minimum Gasteiger partial charge on any atom is -0.481 e. The number of allylic oxidation sites excluding steroid dienone is 6. The van der Waals surface area contributed by atoms with Gasteiger partial charge in [0.05, 0.1) is 48.8 Å². The van der Waals surface area contributed by atoms with Crippen LogP contribution in [0.2, 0.25) is 0 Å². The van der Waals surface area contributed by atoms with E-state index in [0.717, 1.165) is 0 Å². The van der Waals surface area contributed by atoms with Crippen LogP contribution in [0, 0.1) is 11.8 Å². The standard InChI is InChI=1S/C34H51NO13/c1-19-11-8-6-4-5-7-9-13-24(47-33-31(41)29(35)30(40)21(3)46-33)16-26-28(32(42)43)25(38)18-34(44,48-26)17-23(37)15-22(36)12-10-14-27(39)45-20(19)2/h4-11,13-14,19-26,28-31,33,36-38,40-41,44H,12,15-18,35H2,1-3H3,(H,42,43)/b6-4+,7-5+,11-8+,13-9+,14-10+/t19?,20?,21-,22?,23?,24?,25?,26?,28?,29+,30-,31+,33+,34?/m1/s1. The predicted molar refractivity (Wildman–Crippen MR) is 172 cm³/mol. The molecule has 3 aliphatic rings. The molecule has 14 nitrogen and oxygen atoms in total. The van der Waals surface area contributed by atoms with Crippen LogP contribution in [0.1, 0.15) is 52.9 Å². The summed E-state index contributed by atoms with van der Waals surface area (Å²) < 4.78 is 23.0. The molecular formula is C34H51NO13. The molecule has 0 aromatic heterocycles. The lowest BCUT2D eigenvalue weighted by Gasteiger charge is -2.45. The van der Waals surface area contributed by atoms with Gasteiger partial charge in [0.2, 0.25) is 0 Å². The fourth-order valence-electron chi connectivity index (χ4n) is 5.87. The molecule has 270 valence electrons. The number of nitrogens with two attached hydrogens (primary N) is 1. The summed E-state index contributed by atoms with van der Waals surface area (Å²) in [6.07, 6.45) is 3.35. The number of rotatable bonds is 3. The van der Waals surface area contributed by atoms with E-state index in [1.165, 1.54) is 12.2 Å². The molecule has 3 aliphatic heterocycles. The van der Waals surface area contributed by atoms with Crippen LogP contribution in [0.3, 0.4) is 0 Å². The Morgan fingerprint density at radius 1 is 0.896 bits per heavy atom. The van der Waals surface area contributed by atoms with Gasteiger partial charge in [-0.3, -0.25) is 4.79 Å². The Morgan fingerprint density at radius 2 is 1.54 bits per heavy atom. The second kappa shape index (κ2) is 18.3. The van der Waals surface area contributed by atoms with E-state index in [-0.39, 0.29) is 25.2 Å². The number of aliphatic hydroxyl groups excluding tert-OH is 5. The molecule has 14 heteroatoms. The smallest absolute Gasteiger partial charge is 0.330 e. The zero-order valence-corrected chi connectivity index (χ0v) is 27.5. The fraction of sp³-hybridized carbons (Fsp3) is 0.647. The maximum Gasteiger partial charge on any atom is 0.330 e. The van der Waals surface area contributed by atoms with Gasteiger partial charge in [-0.2, -0.15) is 0 Å². The number of cyclic esters (lactones) is 1. The molecule has 2 bridgehead atoms. The number of ether oxygens (including phenoxy) is 4. The number of aliphatic carboxylic acids is 1. The first-order valence-electron chi connectivity index (χ1n) is 16.3. The summed E-state index contributed by atoms with van der Waals surface area (Å²) in [5.74, 6) is -5.75. The van der Waals surface area contributed by atoms with Crippen molar-refractivity contribution in [2.45, 2.75) is 126 Å². The van der Waals surface area contributed by atoms with Crippen LogP contribution >= 0.6 is 0 Å². The molecule has 0 saturated carbocycles. The quantitative estimate of drug-likeness (QED) is 0.188. The highest BCUT2D eigenvalue weighted by Gasteiger charge is 2.50. The lowest BCUT2D eigenvalue weighted by Crippen LogP contribution is -2.61. The molecule has 9 N–H and O–H groups in total. The average molecular weight is 682 g/mol. The summed E-state index contributed by atoms with van der Waals surface area (Å²) in [6, 6.07) is -1.09. The lowest BCUT2D eigenvalue weighted by atomic mass is 9.83. The van der Waals surface area contributed by atoms with Gasteiger partial charge in [0.1, 0.15) is 18.1 Å². The van der Waals surface area contributed by atoms with Gasteiger partial charge in [-0.25, -0.2) is 4.79 Å². The first-order chi connectivity index (χ1) is 22.6. The second-order valence-corrected chi connectivity index (χ2v) is 12.8. The van der Waals surface area contributed by atoms with Crippen LogP contribution in [-0.4, -0.2) is 121 Å². The summed E-state index contributed by atoms with van der Waals surface area (Å²) in [5.41, 5.74) is 5.97. The SMILES string of the molecule is CC1/C=C/C=C/C=C/C=C/C(O[C@@H]2O[C@H](C)[C@@H](O)[C@H](N)[C@@H]2O)CC2OC(O)(CC(O)CC(O)C/C=C/C(=O)OC1C)CC(O)C2C(=O)O. The number of esters is 1. The van der Waals surface area contributed by atoms with Gasteiger partial charge in [-0.05, 0) is 26.7 Å². The Morgan fingerprint density at radius 3 is 2.21 bits per heavy atom. The Hall–Kier alpha value is -2.76. The van der Waals surface area contributed by atoms with Gasteiger partial charge < -0.3 is 60.4 Å². The van der Waals surface area contributed by atoms with E-state index in [2.05, 4.69) is 0 Å². The molecule has 14 atom stereocenters. The fourth-order valence-corrected chi connectivity index (χ4v) is 5.87. The number of carbonyl (C=O) groups excluding carboxylic acids is 1. The number of carboxylic acids is 1. The summed E-state index contributed by atoms with van der Waals surface area (Å²) in [5, 5.41) is 74.3. The van der Waals surface area contributed by atoms with Crippen molar-refractivity contribution in [3.63, 3.8) is 0 Å². The predicted octanol–water partition coefficient (Wildman–Crippen LogP) is 0.349. The lowest BCUT2D eigenvalue weighted by molar-refractivity contribution is -0.308. The average Bonchev–Trinajstić information content (AvgIpc) is 2.98. The summed E-state index contributed by atoms with van der Waals surface area (Å²) in [7, 11) is 0. The molecule has 0 aromatic rings. The van der Waals surface area contributed by atoms with Crippen molar-refractivity contribution in [1.29, 1.82) is 0 Å². The highest BCUT2D eigenvalue weighted by Crippen LogP contribution is 2.38. The van der Waals surface area contributed by atoms with E-state index in [4.69, 9.17) is 24.7 Å². The Kier molecular flexibility index (Phi) is 15.1. The molecule has 3 heterocycles. The first-order valence-corrected chi connectivity index (χ1v) is 16.3. The molecule has 0 spiro atoms. The number of aliphatic hydroxyl groups is 6. The molecule has 2 fully saturated rings. The molecule has 3 rings (SSSR count). The molecule has 0 amide bonds. The van der Waals surface area contributed by atoms with Crippen LogP contribution in [0.4, 0.5) is 0 Å². The van der Waals surface area contributed by atoms with E-state index in [1.807, 2.05) is 13.0 Å². The Labute approximate surface area is 280 Å². The molecular weight excluding hydrogens is 630 g/mol. The first kappa shape index (κ1) is 39.7. The highest BCUT2D eigenvalue weighted by atomic mass is 16.7. The normalized spacial score (nSPS) is 45.9.